The van der Waals surface area contributed by atoms with E-state index in [1.165, 1.54) is 18.5 Å². The number of benzene rings is 1. The molecule has 0 saturated heterocycles. The third-order valence-electron chi connectivity index (χ3n) is 2.42. The summed E-state index contributed by atoms with van der Waals surface area (Å²) in [4.78, 5) is 2.38. The van der Waals surface area contributed by atoms with Crippen molar-refractivity contribution in [3.05, 3.63) is 24.3 Å². The summed E-state index contributed by atoms with van der Waals surface area (Å²) in [6.45, 7) is 6.60. The van der Waals surface area contributed by atoms with Crippen molar-refractivity contribution >= 4 is 11.4 Å². The second kappa shape index (κ2) is 5.53. The van der Waals surface area contributed by atoms with Crippen LogP contribution in [0.3, 0.4) is 0 Å². The van der Waals surface area contributed by atoms with Gasteiger partial charge in [0.05, 0.1) is 0 Å². The molecule has 14 heavy (non-hydrogen) atoms. The molecule has 1 aromatic rings. The minimum absolute atomic E-state index is 0.834. The Hall–Kier alpha value is -1.18. The number of anilines is 2. The molecule has 0 unspecified atom stereocenters. The average Bonchev–Trinajstić information content (AvgIpc) is 2.21. The minimum atomic E-state index is 0.834. The van der Waals surface area contributed by atoms with Crippen molar-refractivity contribution in [2.75, 3.05) is 23.7 Å². The van der Waals surface area contributed by atoms with Crippen LogP contribution in [-0.4, -0.2) is 13.1 Å². The van der Waals surface area contributed by atoms with E-state index in [1.54, 1.807) is 0 Å². The number of rotatable bonds is 5. The van der Waals surface area contributed by atoms with Crippen LogP contribution in [0.4, 0.5) is 11.4 Å². The predicted molar refractivity (Wildman–Crippen MR) is 63.6 cm³/mol. The van der Waals surface area contributed by atoms with Crippen LogP contribution in [0.15, 0.2) is 24.3 Å². The molecule has 0 aliphatic carbocycles. The fraction of sp³-hybridized carbons (Fsp3) is 0.500. The molecule has 0 amide bonds. The van der Waals surface area contributed by atoms with Crippen molar-refractivity contribution in [3.63, 3.8) is 0 Å². The molecule has 0 atom stereocenters. The third kappa shape index (κ3) is 2.95. The van der Waals surface area contributed by atoms with Crippen molar-refractivity contribution in [2.45, 2.75) is 26.7 Å². The molecule has 1 rings (SSSR count). The third-order valence-corrected chi connectivity index (χ3v) is 2.42. The van der Waals surface area contributed by atoms with Gasteiger partial charge in [-0.15, -0.1) is 0 Å². The van der Waals surface area contributed by atoms with E-state index < -0.39 is 0 Å². The lowest BCUT2D eigenvalue weighted by Gasteiger charge is -2.22. The SMILES string of the molecule is CCCCN(CC)c1ccc(N)cc1. The number of nitrogen functional groups attached to an aromatic ring is 1. The first kappa shape index (κ1) is 10.9. The summed E-state index contributed by atoms with van der Waals surface area (Å²) in [7, 11) is 0. The summed E-state index contributed by atoms with van der Waals surface area (Å²) < 4.78 is 0. The minimum Gasteiger partial charge on any atom is -0.399 e. The maximum Gasteiger partial charge on any atom is 0.0367 e. The van der Waals surface area contributed by atoms with E-state index in [1.807, 2.05) is 12.1 Å². The standard InChI is InChI=1S/C12H20N2/c1-3-5-10-14(4-2)12-8-6-11(13)7-9-12/h6-9H,3-5,10,13H2,1-2H3. The van der Waals surface area contributed by atoms with Gasteiger partial charge >= 0.3 is 0 Å². The van der Waals surface area contributed by atoms with E-state index in [2.05, 4.69) is 30.9 Å². The van der Waals surface area contributed by atoms with Crippen LogP contribution in [-0.2, 0) is 0 Å². The van der Waals surface area contributed by atoms with Gasteiger partial charge in [0, 0.05) is 24.5 Å². The van der Waals surface area contributed by atoms with Gasteiger partial charge in [0.2, 0.25) is 0 Å². The van der Waals surface area contributed by atoms with Crippen LogP contribution in [0.5, 0.6) is 0 Å². The van der Waals surface area contributed by atoms with Gasteiger partial charge in [-0.1, -0.05) is 13.3 Å². The van der Waals surface area contributed by atoms with Gasteiger partial charge in [0.1, 0.15) is 0 Å². The molecule has 2 nitrogen and oxygen atoms in total. The highest BCUT2D eigenvalue weighted by atomic mass is 15.1. The first-order chi connectivity index (χ1) is 6.77. The second-order valence-corrected chi connectivity index (χ2v) is 3.52. The lowest BCUT2D eigenvalue weighted by Crippen LogP contribution is -2.23. The Bertz CT molecular complexity index is 254. The fourth-order valence-electron chi connectivity index (χ4n) is 1.50. The monoisotopic (exact) mass is 192 g/mol. The molecule has 0 aliphatic rings. The normalized spacial score (nSPS) is 10.1. The van der Waals surface area contributed by atoms with E-state index >= 15 is 0 Å². The largest absolute Gasteiger partial charge is 0.399 e. The Morgan fingerprint density at radius 3 is 2.29 bits per heavy atom. The Morgan fingerprint density at radius 1 is 1.14 bits per heavy atom. The zero-order chi connectivity index (χ0) is 10.4. The van der Waals surface area contributed by atoms with Crippen LogP contribution in [0, 0.1) is 0 Å². The molecule has 0 radical (unpaired) electrons. The Morgan fingerprint density at radius 2 is 1.79 bits per heavy atom. The first-order valence-corrected chi connectivity index (χ1v) is 5.38. The highest BCUT2D eigenvalue weighted by Crippen LogP contribution is 2.16. The van der Waals surface area contributed by atoms with Gasteiger partial charge in [-0.05, 0) is 37.6 Å². The molecule has 0 aliphatic heterocycles. The Kier molecular flexibility index (Phi) is 4.30. The van der Waals surface area contributed by atoms with Crippen molar-refractivity contribution in [1.82, 2.24) is 0 Å². The summed E-state index contributed by atoms with van der Waals surface area (Å²) in [5.74, 6) is 0. The van der Waals surface area contributed by atoms with Crippen LogP contribution in [0.1, 0.15) is 26.7 Å². The molecule has 0 saturated carbocycles. The maximum absolute atomic E-state index is 5.65. The summed E-state index contributed by atoms with van der Waals surface area (Å²) in [5, 5.41) is 0. The smallest absolute Gasteiger partial charge is 0.0367 e. The van der Waals surface area contributed by atoms with Crippen molar-refractivity contribution in [2.24, 2.45) is 0 Å². The molecule has 2 heteroatoms. The van der Waals surface area contributed by atoms with E-state index in [-0.39, 0.29) is 0 Å². The van der Waals surface area contributed by atoms with Gasteiger partial charge in [-0.25, -0.2) is 0 Å². The van der Waals surface area contributed by atoms with Crippen LogP contribution in [0.25, 0.3) is 0 Å². The van der Waals surface area contributed by atoms with E-state index in [9.17, 15) is 0 Å². The Balaban J connectivity index is 2.64. The number of hydrogen-bond donors (Lipinski definition) is 1. The quantitative estimate of drug-likeness (QED) is 0.727. The van der Waals surface area contributed by atoms with Gasteiger partial charge < -0.3 is 10.6 Å². The van der Waals surface area contributed by atoms with Gasteiger partial charge in [-0.2, -0.15) is 0 Å². The molecule has 0 bridgehead atoms. The number of nitrogens with two attached hydrogens (primary N) is 1. The second-order valence-electron chi connectivity index (χ2n) is 3.52. The molecule has 0 heterocycles. The topological polar surface area (TPSA) is 29.3 Å². The molecule has 2 N–H and O–H groups in total. The van der Waals surface area contributed by atoms with Crippen LogP contribution in [0.2, 0.25) is 0 Å². The summed E-state index contributed by atoms with van der Waals surface area (Å²) in [5.41, 5.74) is 7.76. The van der Waals surface area contributed by atoms with Gasteiger partial charge in [0.25, 0.3) is 0 Å². The average molecular weight is 192 g/mol. The zero-order valence-electron chi connectivity index (χ0n) is 9.16. The number of hydrogen-bond acceptors (Lipinski definition) is 2. The maximum atomic E-state index is 5.65. The fourth-order valence-corrected chi connectivity index (χ4v) is 1.50. The van der Waals surface area contributed by atoms with Crippen LogP contribution >= 0.6 is 0 Å². The first-order valence-electron chi connectivity index (χ1n) is 5.38. The summed E-state index contributed by atoms with van der Waals surface area (Å²) >= 11 is 0. The lowest BCUT2D eigenvalue weighted by molar-refractivity contribution is 0.732. The molecular weight excluding hydrogens is 172 g/mol. The van der Waals surface area contributed by atoms with Gasteiger partial charge in [-0.3, -0.25) is 0 Å². The van der Waals surface area contributed by atoms with Crippen molar-refractivity contribution in [3.8, 4) is 0 Å². The zero-order valence-corrected chi connectivity index (χ0v) is 9.16. The van der Waals surface area contributed by atoms with E-state index in [0.717, 1.165) is 18.8 Å². The Labute approximate surface area is 86.7 Å². The highest BCUT2D eigenvalue weighted by molar-refractivity contribution is 5.52. The van der Waals surface area contributed by atoms with Gasteiger partial charge in [0.15, 0.2) is 0 Å². The highest BCUT2D eigenvalue weighted by Gasteiger charge is 2.02. The molecular formula is C12H20N2. The van der Waals surface area contributed by atoms with Crippen LogP contribution < -0.4 is 10.6 Å². The lowest BCUT2D eigenvalue weighted by atomic mass is 10.2. The van der Waals surface area contributed by atoms with Crippen molar-refractivity contribution < 1.29 is 0 Å². The van der Waals surface area contributed by atoms with E-state index in [0.29, 0.717) is 0 Å². The molecule has 1 aromatic carbocycles. The molecule has 0 aromatic heterocycles. The number of unbranched alkanes of at least 4 members (excludes halogenated alkanes) is 1. The molecule has 0 spiro atoms. The predicted octanol–water partition coefficient (Wildman–Crippen LogP) is 2.90. The van der Waals surface area contributed by atoms with E-state index in [4.69, 9.17) is 5.73 Å². The summed E-state index contributed by atoms with van der Waals surface area (Å²) in [6, 6.07) is 8.11. The molecule has 0 fully saturated rings. The molecule has 78 valence electrons. The number of nitrogens with zero attached hydrogens (tertiary/aromatic N) is 1. The summed E-state index contributed by atoms with van der Waals surface area (Å²) in [6.07, 6.45) is 2.49. The van der Waals surface area contributed by atoms with Crippen molar-refractivity contribution in [1.29, 1.82) is 0 Å².